The van der Waals surface area contributed by atoms with E-state index in [4.69, 9.17) is 11.6 Å². The van der Waals surface area contributed by atoms with E-state index >= 15 is 0 Å². The summed E-state index contributed by atoms with van der Waals surface area (Å²) in [6, 6.07) is 8.44. The maximum absolute atomic E-state index is 14.5. The summed E-state index contributed by atoms with van der Waals surface area (Å²) in [6.07, 6.45) is 1.98. The van der Waals surface area contributed by atoms with Crippen molar-refractivity contribution in [3.8, 4) is 0 Å². The van der Waals surface area contributed by atoms with E-state index < -0.39 is 0 Å². The largest absolute Gasteiger partial charge is 0.312 e. The van der Waals surface area contributed by atoms with Gasteiger partial charge in [-0.1, -0.05) is 44.5 Å². The van der Waals surface area contributed by atoms with Crippen molar-refractivity contribution in [2.24, 2.45) is 0 Å². The van der Waals surface area contributed by atoms with Crippen LogP contribution in [0.4, 0.5) is 4.39 Å². The number of nitrogens with zero attached hydrogens (tertiary/aromatic N) is 1. The molecule has 2 aromatic carbocycles. The van der Waals surface area contributed by atoms with Gasteiger partial charge < -0.3 is 5.32 Å². The van der Waals surface area contributed by atoms with Crippen LogP contribution in [0.3, 0.4) is 0 Å². The molecule has 0 bridgehead atoms. The zero-order valence-corrected chi connectivity index (χ0v) is 17.9. The molecule has 2 aromatic rings. The number of halogens is 2. The molecule has 2 aliphatic heterocycles. The van der Waals surface area contributed by atoms with Gasteiger partial charge >= 0.3 is 0 Å². The van der Waals surface area contributed by atoms with Crippen LogP contribution >= 0.6 is 11.6 Å². The molecule has 2 nitrogen and oxygen atoms in total. The quantitative estimate of drug-likeness (QED) is 0.738. The van der Waals surface area contributed by atoms with Gasteiger partial charge in [0.2, 0.25) is 0 Å². The van der Waals surface area contributed by atoms with Crippen molar-refractivity contribution >= 4 is 11.6 Å². The third-order valence-electron chi connectivity index (χ3n) is 6.32. The third kappa shape index (κ3) is 3.98. The van der Waals surface area contributed by atoms with Crippen molar-refractivity contribution in [2.75, 3.05) is 19.6 Å². The predicted octanol–water partition coefficient (Wildman–Crippen LogP) is 5.41. The van der Waals surface area contributed by atoms with E-state index in [0.717, 1.165) is 55.2 Å². The Morgan fingerprint density at radius 2 is 1.89 bits per heavy atom. The summed E-state index contributed by atoms with van der Waals surface area (Å²) in [4.78, 5) is 2.48. The molecule has 28 heavy (non-hydrogen) atoms. The van der Waals surface area contributed by atoms with Crippen molar-refractivity contribution in [1.82, 2.24) is 10.2 Å². The minimum Gasteiger partial charge on any atom is -0.312 e. The summed E-state index contributed by atoms with van der Waals surface area (Å²) in [5.41, 5.74) is 7.18. The Morgan fingerprint density at radius 1 is 1.07 bits per heavy atom. The molecule has 0 aromatic heterocycles. The van der Waals surface area contributed by atoms with Crippen molar-refractivity contribution in [2.45, 2.75) is 58.5 Å². The molecule has 0 spiro atoms. The van der Waals surface area contributed by atoms with Crippen LogP contribution in [0.15, 0.2) is 24.3 Å². The van der Waals surface area contributed by atoms with E-state index in [1.54, 1.807) is 6.07 Å². The van der Waals surface area contributed by atoms with Crippen LogP contribution in [-0.4, -0.2) is 24.5 Å². The lowest BCUT2D eigenvalue weighted by Crippen LogP contribution is -2.33. The van der Waals surface area contributed by atoms with Crippen LogP contribution in [0.1, 0.15) is 66.0 Å². The lowest BCUT2D eigenvalue weighted by Gasteiger charge is -2.32. The SMILES string of the molecule is CC(C)c1cc2c(cc1Cl)CN(CC(C)c1cc(F)c3c(c1)CCNC3)CC2. The molecule has 0 fully saturated rings. The second-order valence-corrected chi connectivity index (χ2v) is 9.16. The first-order valence-electron chi connectivity index (χ1n) is 10.5. The highest BCUT2D eigenvalue weighted by Crippen LogP contribution is 2.32. The van der Waals surface area contributed by atoms with E-state index in [-0.39, 0.29) is 5.82 Å². The molecule has 1 atom stereocenters. The molecule has 0 aliphatic carbocycles. The summed E-state index contributed by atoms with van der Waals surface area (Å²) in [5, 5.41) is 4.15. The highest BCUT2D eigenvalue weighted by atomic mass is 35.5. The lowest BCUT2D eigenvalue weighted by molar-refractivity contribution is 0.241. The smallest absolute Gasteiger partial charge is 0.128 e. The minimum atomic E-state index is -0.0523. The van der Waals surface area contributed by atoms with E-state index in [9.17, 15) is 4.39 Å². The standard InChI is InChI=1S/C24H30ClFN2/c1-15(2)21-9-17-5-7-28(14-20(17)10-23(21)25)13-16(3)19-8-18-4-6-27-12-22(18)24(26)11-19/h8-11,15-16,27H,4-7,12-14H2,1-3H3. The van der Waals surface area contributed by atoms with Gasteiger partial charge in [0.05, 0.1) is 0 Å². The molecule has 0 radical (unpaired) electrons. The second-order valence-electron chi connectivity index (χ2n) is 8.75. The Labute approximate surface area is 173 Å². The van der Waals surface area contributed by atoms with Crippen molar-refractivity contribution in [3.05, 3.63) is 68.5 Å². The van der Waals surface area contributed by atoms with E-state index in [1.165, 1.54) is 22.3 Å². The molecule has 2 heterocycles. The number of rotatable bonds is 4. The predicted molar refractivity (Wildman–Crippen MR) is 115 cm³/mol. The van der Waals surface area contributed by atoms with Gasteiger partial charge in [0.25, 0.3) is 0 Å². The van der Waals surface area contributed by atoms with Crippen LogP contribution in [0.2, 0.25) is 5.02 Å². The highest BCUT2D eigenvalue weighted by molar-refractivity contribution is 6.31. The number of hydrogen-bond donors (Lipinski definition) is 1. The summed E-state index contributed by atoms with van der Waals surface area (Å²) >= 11 is 6.53. The summed E-state index contributed by atoms with van der Waals surface area (Å²) in [5.74, 6) is 0.704. The fraction of sp³-hybridized carbons (Fsp3) is 0.500. The fourth-order valence-corrected chi connectivity index (χ4v) is 5.01. The Balaban J connectivity index is 1.48. The van der Waals surface area contributed by atoms with Gasteiger partial charge in [-0.05, 0) is 71.2 Å². The molecule has 1 N–H and O–H groups in total. The van der Waals surface area contributed by atoms with Gasteiger partial charge in [-0.2, -0.15) is 0 Å². The fourth-order valence-electron chi connectivity index (χ4n) is 4.61. The Morgan fingerprint density at radius 3 is 2.68 bits per heavy atom. The highest BCUT2D eigenvalue weighted by Gasteiger charge is 2.22. The molecular formula is C24H30ClFN2. The van der Waals surface area contributed by atoms with Gasteiger partial charge in [-0.15, -0.1) is 0 Å². The average molecular weight is 401 g/mol. The molecule has 150 valence electrons. The molecule has 0 saturated heterocycles. The second kappa shape index (κ2) is 8.14. The van der Waals surface area contributed by atoms with Gasteiger partial charge in [-0.3, -0.25) is 4.90 Å². The van der Waals surface area contributed by atoms with Crippen LogP contribution in [0.5, 0.6) is 0 Å². The van der Waals surface area contributed by atoms with Gasteiger partial charge in [0, 0.05) is 36.8 Å². The first kappa shape index (κ1) is 19.9. The van der Waals surface area contributed by atoms with Gasteiger partial charge in [0.15, 0.2) is 0 Å². The third-order valence-corrected chi connectivity index (χ3v) is 6.64. The van der Waals surface area contributed by atoms with Crippen LogP contribution in [-0.2, 0) is 25.9 Å². The molecule has 1 unspecified atom stereocenters. The van der Waals surface area contributed by atoms with Crippen molar-refractivity contribution in [3.63, 3.8) is 0 Å². The molecule has 2 aliphatic rings. The number of fused-ring (bicyclic) bond motifs is 2. The maximum atomic E-state index is 14.5. The lowest BCUT2D eigenvalue weighted by atomic mass is 9.90. The van der Waals surface area contributed by atoms with Crippen molar-refractivity contribution < 1.29 is 4.39 Å². The normalized spacial score (nSPS) is 18.1. The van der Waals surface area contributed by atoms with E-state index in [0.29, 0.717) is 18.4 Å². The monoisotopic (exact) mass is 400 g/mol. The number of nitrogens with one attached hydrogen (secondary N) is 1. The van der Waals surface area contributed by atoms with E-state index in [2.05, 4.69) is 49.2 Å². The first-order chi connectivity index (χ1) is 13.4. The van der Waals surface area contributed by atoms with Gasteiger partial charge in [0.1, 0.15) is 5.82 Å². The minimum absolute atomic E-state index is 0.0523. The Bertz CT molecular complexity index is 877. The topological polar surface area (TPSA) is 15.3 Å². The summed E-state index contributed by atoms with van der Waals surface area (Å²) in [6.45, 7) is 11.1. The van der Waals surface area contributed by atoms with Gasteiger partial charge in [-0.25, -0.2) is 4.39 Å². The molecule has 4 heteroatoms. The average Bonchev–Trinajstić information content (AvgIpc) is 2.67. The summed E-state index contributed by atoms with van der Waals surface area (Å²) in [7, 11) is 0. The Kier molecular flexibility index (Phi) is 5.78. The van der Waals surface area contributed by atoms with Crippen molar-refractivity contribution in [1.29, 1.82) is 0 Å². The zero-order valence-electron chi connectivity index (χ0n) is 17.1. The summed E-state index contributed by atoms with van der Waals surface area (Å²) < 4.78 is 14.5. The number of benzene rings is 2. The zero-order chi connectivity index (χ0) is 19.8. The van der Waals surface area contributed by atoms with E-state index in [1.807, 2.05) is 0 Å². The molecular weight excluding hydrogens is 371 g/mol. The molecule has 0 amide bonds. The number of hydrogen-bond acceptors (Lipinski definition) is 2. The van der Waals surface area contributed by atoms with Crippen LogP contribution < -0.4 is 5.32 Å². The Hall–Kier alpha value is -1.42. The maximum Gasteiger partial charge on any atom is 0.128 e. The van der Waals surface area contributed by atoms with Crippen LogP contribution in [0.25, 0.3) is 0 Å². The molecule has 0 saturated carbocycles. The first-order valence-corrected chi connectivity index (χ1v) is 10.9. The molecule has 4 rings (SSSR count). The van der Waals surface area contributed by atoms with Crippen LogP contribution in [0, 0.1) is 5.82 Å².